The van der Waals surface area contributed by atoms with Crippen molar-refractivity contribution in [1.82, 2.24) is 4.90 Å². The largest absolute Gasteiger partial charge is 0.359 e. The first-order valence-electron chi connectivity index (χ1n) is 9.08. The van der Waals surface area contributed by atoms with Crippen LogP contribution in [0.15, 0.2) is 48.5 Å². The summed E-state index contributed by atoms with van der Waals surface area (Å²) in [7, 11) is 1.65. The van der Waals surface area contributed by atoms with Gasteiger partial charge in [0.05, 0.1) is 23.8 Å². The van der Waals surface area contributed by atoms with E-state index in [1.165, 1.54) is 10.5 Å². The first-order chi connectivity index (χ1) is 13.0. The van der Waals surface area contributed by atoms with E-state index in [0.717, 1.165) is 18.5 Å². The highest BCUT2D eigenvalue weighted by atomic mass is 35.5. The molecule has 1 unspecified atom stereocenters. The highest BCUT2D eigenvalue weighted by molar-refractivity contribution is 6.33. The lowest BCUT2D eigenvalue weighted by molar-refractivity contribution is -0.132. The van der Waals surface area contributed by atoms with Gasteiger partial charge in [-0.1, -0.05) is 41.9 Å². The second-order valence-corrected chi connectivity index (χ2v) is 7.33. The molecular weight excluding hydrogens is 362 g/mol. The van der Waals surface area contributed by atoms with E-state index < -0.39 is 0 Å². The Bertz CT molecular complexity index is 840. The van der Waals surface area contributed by atoms with Crippen molar-refractivity contribution in [2.45, 2.75) is 25.8 Å². The third kappa shape index (κ3) is 4.61. The average Bonchev–Trinajstić information content (AvgIpc) is 2.65. The van der Waals surface area contributed by atoms with Gasteiger partial charge in [0.15, 0.2) is 0 Å². The van der Waals surface area contributed by atoms with Crippen molar-refractivity contribution in [2.75, 3.05) is 30.4 Å². The fourth-order valence-corrected chi connectivity index (χ4v) is 3.51. The minimum Gasteiger partial charge on any atom is -0.359 e. The molecule has 1 aliphatic heterocycles. The van der Waals surface area contributed by atoms with Crippen LogP contribution in [-0.2, 0) is 16.0 Å². The molecule has 1 aliphatic rings. The Labute approximate surface area is 164 Å². The van der Waals surface area contributed by atoms with Crippen LogP contribution >= 0.6 is 11.6 Å². The van der Waals surface area contributed by atoms with Gasteiger partial charge in [0.2, 0.25) is 11.8 Å². The number of fused-ring (bicyclic) bond motifs is 1. The highest BCUT2D eigenvalue weighted by Gasteiger charge is 2.26. The lowest BCUT2D eigenvalue weighted by Crippen LogP contribution is -2.46. The minimum atomic E-state index is -0.272. The molecule has 1 atom stereocenters. The molecule has 0 saturated carbocycles. The van der Waals surface area contributed by atoms with Gasteiger partial charge in [-0.25, -0.2) is 0 Å². The first kappa shape index (κ1) is 19.2. The Morgan fingerprint density at radius 1 is 1.19 bits per heavy atom. The Balaban J connectivity index is 1.61. The number of rotatable bonds is 5. The molecule has 1 N–H and O–H groups in total. The molecule has 3 rings (SSSR count). The maximum absolute atomic E-state index is 12.7. The lowest BCUT2D eigenvalue weighted by Gasteiger charge is -2.37. The molecule has 2 aromatic carbocycles. The number of hydrogen-bond acceptors (Lipinski definition) is 3. The van der Waals surface area contributed by atoms with Crippen LogP contribution in [0.5, 0.6) is 0 Å². The van der Waals surface area contributed by atoms with E-state index in [1.54, 1.807) is 31.3 Å². The number of likely N-dealkylation sites (N-methyl/N-ethyl adjacent to an activating group) is 1. The molecule has 2 aromatic rings. The average molecular weight is 386 g/mol. The summed E-state index contributed by atoms with van der Waals surface area (Å²) >= 11 is 6.06. The maximum Gasteiger partial charge on any atom is 0.244 e. The fraction of sp³-hybridized carbons (Fsp3) is 0.333. The normalized spacial score (nSPS) is 15.8. The Morgan fingerprint density at radius 2 is 1.89 bits per heavy atom. The summed E-state index contributed by atoms with van der Waals surface area (Å²) in [5.41, 5.74) is 2.92. The quantitative estimate of drug-likeness (QED) is 0.855. The summed E-state index contributed by atoms with van der Waals surface area (Å²) in [5.74, 6) is -0.362. The van der Waals surface area contributed by atoms with Gasteiger partial charge in [0, 0.05) is 18.8 Å². The standard InChI is InChI=1S/C21H24ClN3O2/c1-15-11-12-16-7-3-6-10-19(16)25(15)14-21(27)24(2)13-20(26)23-18-9-5-4-8-17(18)22/h3-10,15H,11-14H2,1-2H3,(H,23,26). The molecule has 27 heavy (non-hydrogen) atoms. The van der Waals surface area contributed by atoms with E-state index in [1.807, 2.05) is 12.1 Å². The number of anilines is 2. The summed E-state index contributed by atoms with van der Waals surface area (Å²) < 4.78 is 0. The van der Waals surface area contributed by atoms with E-state index in [9.17, 15) is 9.59 Å². The van der Waals surface area contributed by atoms with Gasteiger partial charge in [-0.2, -0.15) is 0 Å². The van der Waals surface area contributed by atoms with Crippen molar-refractivity contribution in [2.24, 2.45) is 0 Å². The van der Waals surface area contributed by atoms with E-state index >= 15 is 0 Å². The van der Waals surface area contributed by atoms with Crippen molar-refractivity contribution < 1.29 is 9.59 Å². The van der Waals surface area contributed by atoms with Gasteiger partial charge < -0.3 is 15.1 Å². The molecule has 2 amide bonds. The summed E-state index contributed by atoms with van der Waals surface area (Å²) in [6.07, 6.45) is 2.04. The molecule has 5 nitrogen and oxygen atoms in total. The molecule has 1 heterocycles. The van der Waals surface area contributed by atoms with Crippen LogP contribution in [0.3, 0.4) is 0 Å². The number of aryl methyl sites for hydroxylation is 1. The zero-order chi connectivity index (χ0) is 19.4. The zero-order valence-electron chi connectivity index (χ0n) is 15.6. The summed E-state index contributed by atoms with van der Waals surface area (Å²) in [4.78, 5) is 28.5. The molecule has 0 bridgehead atoms. The van der Waals surface area contributed by atoms with Crippen molar-refractivity contribution in [3.8, 4) is 0 Å². The van der Waals surface area contributed by atoms with Crippen LogP contribution in [0, 0.1) is 0 Å². The predicted octanol–water partition coefficient (Wildman–Crippen LogP) is 3.58. The minimum absolute atomic E-state index is 0.0199. The molecule has 0 radical (unpaired) electrons. The number of nitrogens with one attached hydrogen (secondary N) is 1. The molecule has 0 fully saturated rings. The van der Waals surface area contributed by atoms with Crippen molar-refractivity contribution in [3.63, 3.8) is 0 Å². The van der Waals surface area contributed by atoms with Crippen LogP contribution in [0.1, 0.15) is 18.9 Å². The number of halogens is 1. The van der Waals surface area contributed by atoms with Gasteiger partial charge >= 0.3 is 0 Å². The number of carbonyl (C=O) groups is 2. The van der Waals surface area contributed by atoms with E-state index in [-0.39, 0.29) is 30.9 Å². The number of carbonyl (C=O) groups excluding carboxylic acids is 2. The summed E-state index contributed by atoms with van der Waals surface area (Å²) in [6, 6.07) is 15.5. The molecule has 142 valence electrons. The molecule has 0 saturated heterocycles. The zero-order valence-corrected chi connectivity index (χ0v) is 16.4. The molecule has 0 spiro atoms. The second-order valence-electron chi connectivity index (χ2n) is 6.92. The van der Waals surface area contributed by atoms with Crippen LogP contribution in [-0.4, -0.2) is 42.9 Å². The van der Waals surface area contributed by atoms with Crippen LogP contribution in [0.25, 0.3) is 0 Å². The number of para-hydroxylation sites is 2. The third-order valence-corrected chi connectivity index (χ3v) is 5.25. The van der Waals surface area contributed by atoms with E-state index in [4.69, 9.17) is 11.6 Å². The summed E-state index contributed by atoms with van der Waals surface area (Å²) in [5, 5.41) is 3.22. The maximum atomic E-state index is 12.7. The molecular formula is C21H24ClN3O2. The highest BCUT2D eigenvalue weighted by Crippen LogP contribution is 2.30. The van der Waals surface area contributed by atoms with Crippen molar-refractivity contribution >= 4 is 34.8 Å². The lowest BCUT2D eigenvalue weighted by atomic mass is 9.96. The van der Waals surface area contributed by atoms with Crippen LogP contribution in [0.4, 0.5) is 11.4 Å². The Kier molecular flexibility index (Phi) is 6.01. The Hall–Kier alpha value is -2.53. The van der Waals surface area contributed by atoms with Gasteiger partial charge in [-0.3, -0.25) is 9.59 Å². The van der Waals surface area contributed by atoms with Crippen LogP contribution in [0.2, 0.25) is 5.02 Å². The number of benzene rings is 2. The number of hydrogen-bond donors (Lipinski definition) is 1. The first-order valence-corrected chi connectivity index (χ1v) is 9.46. The molecule has 0 aliphatic carbocycles. The predicted molar refractivity (Wildman–Crippen MR) is 109 cm³/mol. The topological polar surface area (TPSA) is 52.7 Å². The van der Waals surface area contributed by atoms with Crippen molar-refractivity contribution in [3.05, 3.63) is 59.1 Å². The number of nitrogens with zero attached hydrogens (tertiary/aromatic N) is 2. The third-order valence-electron chi connectivity index (χ3n) is 4.92. The van der Waals surface area contributed by atoms with Crippen molar-refractivity contribution in [1.29, 1.82) is 0 Å². The van der Waals surface area contributed by atoms with Gasteiger partial charge in [-0.15, -0.1) is 0 Å². The monoisotopic (exact) mass is 385 g/mol. The van der Waals surface area contributed by atoms with Gasteiger partial charge in [0.25, 0.3) is 0 Å². The van der Waals surface area contributed by atoms with Crippen LogP contribution < -0.4 is 10.2 Å². The van der Waals surface area contributed by atoms with Gasteiger partial charge in [-0.05, 0) is 43.5 Å². The number of amides is 2. The molecule has 6 heteroatoms. The Morgan fingerprint density at radius 3 is 2.67 bits per heavy atom. The summed E-state index contributed by atoms with van der Waals surface area (Å²) in [6.45, 7) is 2.37. The van der Waals surface area contributed by atoms with E-state index in [2.05, 4.69) is 29.3 Å². The fourth-order valence-electron chi connectivity index (χ4n) is 3.32. The SMILES string of the molecule is CC1CCc2ccccc2N1CC(=O)N(C)CC(=O)Nc1ccccc1Cl. The van der Waals surface area contributed by atoms with Gasteiger partial charge in [0.1, 0.15) is 0 Å². The smallest absolute Gasteiger partial charge is 0.244 e. The molecule has 0 aromatic heterocycles. The second kappa shape index (κ2) is 8.44. The van der Waals surface area contributed by atoms with E-state index in [0.29, 0.717) is 10.7 Å².